The molecule has 84 valence electrons. The molecule has 0 unspecified atom stereocenters. The standard InChI is InChI=1S/C9H13Cl2N3O/c1-3-7(11)6(5(2)10)4-8(15)14-9(12)13/h3H,4H2,1-2H3,(H4,12,13,14,15)/b6-5+,7-3+. The molecule has 0 aromatic rings. The minimum atomic E-state index is -0.481. The van der Waals surface area contributed by atoms with E-state index in [1.165, 1.54) is 0 Å². The molecule has 0 saturated heterocycles. The quantitative estimate of drug-likeness (QED) is 0.455. The molecular weight excluding hydrogens is 237 g/mol. The number of amides is 1. The second-order valence-electron chi connectivity index (χ2n) is 2.76. The molecule has 0 rings (SSSR count). The van der Waals surface area contributed by atoms with Gasteiger partial charge in [-0.3, -0.25) is 4.79 Å². The molecule has 0 fully saturated rings. The Hall–Kier alpha value is -1.00. The van der Waals surface area contributed by atoms with Crippen molar-refractivity contribution >= 4 is 35.1 Å². The molecule has 0 aliphatic rings. The Bertz CT molecular complexity index is 337. The van der Waals surface area contributed by atoms with Gasteiger partial charge in [0.05, 0.1) is 6.42 Å². The number of allylic oxidation sites excluding steroid dienone is 3. The predicted molar refractivity (Wildman–Crippen MR) is 63.6 cm³/mol. The van der Waals surface area contributed by atoms with Gasteiger partial charge in [-0.05, 0) is 19.4 Å². The fraction of sp³-hybridized carbons (Fsp3) is 0.333. The fourth-order valence-electron chi connectivity index (χ4n) is 0.880. The van der Waals surface area contributed by atoms with Gasteiger partial charge in [0.25, 0.3) is 5.91 Å². The molecule has 4 nitrogen and oxygen atoms in total. The van der Waals surface area contributed by atoms with Crippen molar-refractivity contribution in [3.8, 4) is 0 Å². The number of hydrogen-bond donors (Lipinski definition) is 2. The topological polar surface area (TPSA) is 81.5 Å². The van der Waals surface area contributed by atoms with Crippen molar-refractivity contribution < 1.29 is 4.79 Å². The second-order valence-corrected chi connectivity index (χ2v) is 3.73. The van der Waals surface area contributed by atoms with E-state index < -0.39 is 5.91 Å². The summed E-state index contributed by atoms with van der Waals surface area (Å²) >= 11 is 11.7. The van der Waals surface area contributed by atoms with Crippen LogP contribution in [0.1, 0.15) is 20.3 Å². The summed E-state index contributed by atoms with van der Waals surface area (Å²) in [5.41, 5.74) is 10.7. The first-order valence-electron chi connectivity index (χ1n) is 4.18. The number of nitrogens with zero attached hydrogens (tertiary/aromatic N) is 1. The predicted octanol–water partition coefficient (Wildman–Crippen LogP) is 1.83. The molecule has 4 N–H and O–H groups in total. The molecular formula is C9H13Cl2N3O. The van der Waals surface area contributed by atoms with Crippen molar-refractivity contribution in [1.29, 1.82) is 0 Å². The van der Waals surface area contributed by atoms with E-state index in [0.717, 1.165) is 0 Å². The first-order chi connectivity index (χ1) is 6.88. The maximum absolute atomic E-state index is 11.3. The van der Waals surface area contributed by atoms with E-state index in [1.54, 1.807) is 19.9 Å². The van der Waals surface area contributed by atoms with Gasteiger partial charge in [-0.1, -0.05) is 29.3 Å². The summed E-state index contributed by atoms with van der Waals surface area (Å²) in [4.78, 5) is 14.6. The van der Waals surface area contributed by atoms with Gasteiger partial charge in [0, 0.05) is 10.1 Å². The third kappa shape index (κ3) is 5.44. The second kappa shape index (κ2) is 6.48. The highest BCUT2D eigenvalue weighted by molar-refractivity contribution is 6.35. The number of aliphatic imine (C=N–C) groups is 1. The Balaban J connectivity index is 4.83. The molecule has 6 heteroatoms. The van der Waals surface area contributed by atoms with E-state index in [4.69, 9.17) is 34.7 Å². The summed E-state index contributed by atoms with van der Waals surface area (Å²) in [6.45, 7) is 3.39. The molecule has 1 amide bonds. The Labute approximate surface area is 98.6 Å². The van der Waals surface area contributed by atoms with Crippen LogP contribution in [0.3, 0.4) is 0 Å². The van der Waals surface area contributed by atoms with Crippen molar-refractivity contribution in [2.24, 2.45) is 16.5 Å². The molecule has 0 aromatic heterocycles. The van der Waals surface area contributed by atoms with Gasteiger partial charge >= 0.3 is 0 Å². The van der Waals surface area contributed by atoms with E-state index >= 15 is 0 Å². The van der Waals surface area contributed by atoms with Crippen LogP contribution >= 0.6 is 23.2 Å². The zero-order valence-corrected chi connectivity index (χ0v) is 10.1. The summed E-state index contributed by atoms with van der Waals surface area (Å²) in [6.07, 6.45) is 1.63. The van der Waals surface area contributed by atoms with Crippen LogP contribution in [0.25, 0.3) is 0 Å². The molecule has 0 saturated carbocycles. The van der Waals surface area contributed by atoms with Gasteiger partial charge in [0.2, 0.25) is 0 Å². The highest BCUT2D eigenvalue weighted by Crippen LogP contribution is 2.24. The summed E-state index contributed by atoms with van der Waals surface area (Å²) in [7, 11) is 0. The summed E-state index contributed by atoms with van der Waals surface area (Å²) in [5, 5.41) is 0.860. The molecule has 0 aliphatic carbocycles. The molecule has 15 heavy (non-hydrogen) atoms. The molecule has 0 radical (unpaired) electrons. The lowest BCUT2D eigenvalue weighted by atomic mass is 10.1. The average molecular weight is 250 g/mol. The van der Waals surface area contributed by atoms with Crippen LogP contribution in [-0.2, 0) is 4.79 Å². The Kier molecular flexibility index (Phi) is 6.05. The van der Waals surface area contributed by atoms with Crippen LogP contribution in [0.5, 0.6) is 0 Å². The minimum Gasteiger partial charge on any atom is -0.370 e. The van der Waals surface area contributed by atoms with Crippen LogP contribution in [0, 0.1) is 0 Å². The Morgan fingerprint density at radius 3 is 2.27 bits per heavy atom. The van der Waals surface area contributed by atoms with E-state index in [0.29, 0.717) is 15.6 Å². The third-order valence-corrected chi connectivity index (χ3v) is 2.21. The fourth-order valence-corrected chi connectivity index (χ4v) is 1.31. The van der Waals surface area contributed by atoms with Crippen molar-refractivity contribution in [3.63, 3.8) is 0 Å². The van der Waals surface area contributed by atoms with Crippen LogP contribution in [0.15, 0.2) is 26.7 Å². The lowest BCUT2D eigenvalue weighted by Crippen LogP contribution is -2.24. The SMILES string of the molecule is C/C=C(Cl)\C(CC(=O)N=C(N)N)=C(/C)Cl. The highest BCUT2D eigenvalue weighted by Gasteiger charge is 2.10. The monoisotopic (exact) mass is 249 g/mol. The summed E-state index contributed by atoms with van der Waals surface area (Å²) in [6, 6.07) is 0. The number of carbonyl (C=O) groups is 1. The molecule has 0 bridgehead atoms. The maximum atomic E-state index is 11.3. The Morgan fingerprint density at radius 2 is 1.93 bits per heavy atom. The molecule has 0 spiro atoms. The molecule has 0 aliphatic heterocycles. The number of hydrogen-bond acceptors (Lipinski definition) is 1. The number of nitrogens with two attached hydrogens (primary N) is 2. The van der Waals surface area contributed by atoms with E-state index in [1.807, 2.05) is 0 Å². The normalized spacial score (nSPS) is 13.2. The van der Waals surface area contributed by atoms with Gasteiger partial charge in [-0.25, -0.2) is 0 Å². The van der Waals surface area contributed by atoms with Gasteiger partial charge in [-0.2, -0.15) is 4.99 Å². The van der Waals surface area contributed by atoms with Crippen LogP contribution in [0.2, 0.25) is 0 Å². The smallest absolute Gasteiger partial charge is 0.253 e. The van der Waals surface area contributed by atoms with Crippen molar-refractivity contribution in [2.45, 2.75) is 20.3 Å². The van der Waals surface area contributed by atoms with E-state index in [2.05, 4.69) is 4.99 Å². The first-order valence-corrected chi connectivity index (χ1v) is 4.94. The van der Waals surface area contributed by atoms with Crippen molar-refractivity contribution in [3.05, 3.63) is 21.7 Å². The van der Waals surface area contributed by atoms with Gasteiger partial charge in [0.1, 0.15) is 0 Å². The largest absolute Gasteiger partial charge is 0.370 e. The van der Waals surface area contributed by atoms with Crippen molar-refractivity contribution in [1.82, 2.24) is 0 Å². The van der Waals surface area contributed by atoms with Crippen LogP contribution in [-0.4, -0.2) is 11.9 Å². The number of rotatable bonds is 3. The van der Waals surface area contributed by atoms with Gasteiger partial charge in [-0.15, -0.1) is 0 Å². The number of halogens is 2. The summed E-state index contributed by atoms with van der Waals surface area (Å²) < 4.78 is 0. The third-order valence-electron chi connectivity index (χ3n) is 1.54. The molecule has 0 atom stereocenters. The average Bonchev–Trinajstić information content (AvgIpc) is 2.11. The van der Waals surface area contributed by atoms with Gasteiger partial charge in [0.15, 0.2) is 5.96 Å². The number of carbonyl (C=O) groups excluding carboxylic acids is 1. The maximum Gasteiger partial charge on any atom is 0.253 e. The molecule has 0 aromatic carbocycles. The summed E-state index contributed by atoms with van der Waals surface area (Å²) in [5.74, 6) is -0.756. The number of guanidine groups is 1. The Morgan fingerprint density at radius 1 is 1.40 bits per heavy atom. The van der Waals surface area contributed by atoms with E-state index in [9.17, 15) is 4.79 Å². The zero-order chi connectivity index (χ0) is 12.0. The van der Waals surface area contributed by atoms with Gasteiger partial charge < -0.3 is 11.5 Å². The molecule has 0 heterocycles. The highest BCUT2D eigenvalue weighted by atomic mass is 35.5. The lowest BCUT2D eigenvalue weighted by molar-refractivity contribution is -0.117. The minimum absolute atomic E-state index is 0.0175. The zero-order valence-electron chi connectivity index (χ0n) is 8.55. The van der Waals surface area contributed by atoms with E-state index in [-0.39, 0.29) is 12.4 Å². The first kappa shape index (κ1) is 14.0. The lowest BCUT2D eigenvalue weighted by Gasteiger charge is -2.04. The van der Waals surface area contributed by atoms with Crippen LogP contribution < -0.4 is 11.5 Å². The van der Waals surface area contributed by atoms with Crippen molar-refractivity contribution in [2.75, 3.05) is 0 Å². The van der Waals surface area contributed by atoms with Crippen LogP contribution in [0.4, 0.5) is 0 Å².